The fraction of sp³-hybridized carbons (Fsp3) is 1.00. The lowest BCUT2D eigenvalue weighted by Gasteiger charge is -2.75. The molecule has 0 amide bonds. The molecule has 10 aliphatic rings. The predicted octanol–water partition coefficient (Wildman–Crippen LogP) is -1.78. The maximum atomic E-state index is 12.3. The van der Waals surface area contributed by atoms with Crippen LogP contribution in [0.15, 0.2) is 0 Å². The molecule has 23 nitrogen and oxygen atoms in total. The Kier molecular flexibility index (Phi) is 15.9. The average Bonchev–Trinajstić information content (AvgIpc) is 3.67. The lowest BCUT2D eigenvalue weighted by atomic mass is 9.30. The highest BCUT2D eigenvalue weighted by molar-refractivity contribution is 5.28. The highest BCUT2D eigenvalue weighted by atomic mass is 17.2. The predicted molar refractivity (Wildman–Crippen MR) is 257 cm³/mol. The SMILES string of the molecule is C[C@@H]1O[C@@H](O[C@H]2[C@H](O[C@H]3CO[C@@H](O[C@H]4CC[C@]5(C)[C@H]6CC[C@]78OC[C@@]9(CC[C@](C)(CO)C[C@H]97)[C@H](O)C[C@@]8(C)[C@]6(C)CC[C@H]5C4(C)C)[C@H](OO[C@@H]4O[C@H](CO)[C@@H](O)[C@H](O)[C@H]4O)[C@H]3O)O[C@H](CO)[C@@H](O)[C@@H]2O)[C@H](O)[C@H](O)[C@H]1O. The van der Waals surface area contributed by atoms with Crippen molar-refractivity contribution in [2.75, 3.05) is 33.0 Å². The van der Waals surface area contributed by atoms with Crippen LogP contribution in [0.1, 0.15) is 113 Å². The van der Waals surface area contributed by atoms with E-state index in [1.165, 1.54) is 6.92 Å². The molecular formula is C53H88O23. The van der Waals surface area contributed by atoms with Gasteiger partial charge in [-0.3, -0.25) is 0 Å². The molecule has 5 aliphatic carbocycles. The van der Waals surface area contributed by atoms with Crippen molar-refractivity contribution in [3.8, 4) is 0 Å². The number of hydrogen-bond donors (Lipinski definition) is 13. The molecule has 0 aromatic carbocycles. The van der Waals surface area contributed by atoms with E-state index in [1.807, 2.05) is 0 Å². The summed E-state index contributed by atoms with van der Waals surface area (Å²) in [5.74, 6) is 0.544. The Hall–Kier alpha value is -0.920. The van der Waals surface area contributed by atoms with Gasteiger partial charge >= 0.3 is 0 Å². The Morgan fingerprint density at radius 3 is 1.86 bits per heavy atom. The van der Waals surface area contributed by atoms with Gasteiger partial charge in [-0.25, -0.2) is 9.78 Å². The summed E-state index contributed by atoms with van der Waals surface area (Å²) in [4.78, 5) is 11.4. The zero-order valence-electron chi connectivity index (χ0n) is 44.9. The van der Waals surface area contributed by atoms with Crippen molar-refractivity contribution >= 4 is 0 Å². The van der Waals surface area contributed by atoms with Gasteiger partial charge in [0.1, 0.15) is 79.4 Å². The molecule has 5 saturated carbocycles. The van der Waals surface area contributed by atoms with Crippen molar-refractivity contribution in [1.82, 2.24) is 0 Å². The lowest BCUT2D eigenvalue weighted by molar-refractivity contribution is -0.474. The number of hydrogen-bond acceptors (Lipinski definition) is 23. The van der Waals surface area contributed by atoms with Crippen LogP contribution < -0.4 is 0 Å². The first kappa shape index (κ1) is 58.3. The van der Waals surface area contributed by atoms with Gasteiger partial charge in [0, 0.05) is 17.4 Å². The van der Waals surface area contributed by atoms with Crippen LogP contribution in [-0.2, 0) is 47.7 Å². The first-order valence-electron chi connectivity index (χ1n) is 27.8. The molecule has 2 bridgehead atoms. The summed E-state index contributed by atoms with van der Waals surface area (Å²) in [6.07, 6.45) is -24.1. The Labute approximate surface area is 443 Å². The molecule has 76 heavy (non-hydrogen) atoms. The number of ether oxygens (including phenoxy) is 8. The monoisotopic (exact) mass is 1090 g/mol. The van der Waals surface area contributed by atoms with E-state index in [0.717, 1.165) is 51.4 Å². The molecule has 13 N–H and O–H groups in total. The summed E-state index contributed by atoms with van der Waals surface area (Å²) in [6, 6.07) is 0. The molecule has 5 heterocycles. The molecule has 1 spiro atoms. The molecule has 10 rings (SSSR count). The zero-order valence-corrected chi connectivity index (χ0v) is 44.9. The third kappa shape index (κ3) is 8.77. The van der Waals surface area contributed by atoms with E-state index in [0.29, 0.717) is 19.4 Å². The molecule has 5 saturated heterocycles. The van der Waals surface area contributed by atoms with Crippen molar-refractivity contribution in [3.63, 3.8) is 0 Å². The normalized spacial score (nSPS) is 57.9. The number of rotatable bonds is 12. The third-order valence-electron chi connectivity index (χ3n) is 22.4. The van der Waals surface area contributed by atoms with Crippen LogP contribution in [-0.4, -0.2) is 234 Å². The summed E-state index contributed by atoms with van der Waals surface area (Å²) < 4.78 is 49.7. The van der Waals surface area contributed by atoms with Gasteiger partial charge in [0.25, 0.3) is 0 Å². The molecule has 438 valence electrons. The van der Waals surface area contributed by atoms with Crippen molar-refractivity contribution in [2.45, 2.75) is 247 Å². The quantitative estimate of drug-likeness (QED) is 0.0584. The molecule has 0 aromatic rings. The minimum absolute atomic E-state index is 0.106. The Morgan fingerprint density at radius 2 is 1.17 bits per heavy atom. The van der Waals surface area contributed by atoms with Gasteiger partial charge in [-0.05, 0) is 111 Å². The van der Waals surface area contributed by atoms with E-state index in [9.17, 15) is 66.4 Å². The van der Waals surface area contributed by atoms with Crippen LogP contribution >= 0.6 is 0 Å². The van der Waals surface area contributed by atoms with E-state index >= 15 is 0 Å². The molecule has 5 aliphatic heterocycles. The summed E-state index contributed by atoms with van der Waals surface area (Å²) in [6.45, 7) is 13.9. The molecule has 0 radical (unpaired) electrons. The zero-order chi connectivity index (χ0) is 55.0. The number of aliphatic hydroxyl groups excluding tert-OH is 13. The van der Waals surface area contributed by atoms with Crippen molar-refractivity contribution in [3.05, 3.63) is 0 Å². The second-order valence-corrected chi connectivity index (χ2v) is 26.5. The molecule has 23 heteroatoms. The largest absolute Gasteiger partial charge is 0.396 e. The summed E-state index contributed by atoms with van der Waals surface area (Å²) >= 11 is 0. The smallest absolute Gasteiger partial charge is 0.220 e. The van der Waals surface area contributed by atoms with Crippen LogP contribution in [0.25, 0.3) is 0 Å². The van der Waals surface area contributed by atoms with Gasteiger partial charge in [0.05, 0.1) is 50.3 Å². The van der Waals surface area contributed by atoms with Crippen LogP contribution in [0.2, 0.25) is 0 Å². The third-order valence-corrected chi connectivity index (χ3v) is 22.4. The Morgan fingerprint density at radius 1 is 0.526 bits per heavy atom. The fourth-order valence-electron chi connectivity index (χ4n) is 17.6. The van der Waals surface area contributed by atoms with Gasteiger partial charge in [-0.15, -0.1) is 0 Å². The highest BCUT2D eigenvalue weighted by Crippen LogP contribution is 2.80. The standard InChI is InChI=1S/C53H88O23/c1-23-32(58)36(62)39(65)43(69-23)74-41-38(64)34(60)25(19-55)71-46(41)72-26-20-67-45(42(35(26)61)75-76-44-40(66)37(63)33(59)24(18-54)70-44)73-31-10-11-49(5)27(47(31,2)3)8-12-50(6)28(49)9-13-53-29-16-48(4,21-56)14-15-52(29,22-68-53)30(57)17-51(50,53)7/h23-46,54-66H,8-22H2,1-7H3/t23-,24+,25+,26-,27-,28+,29+,30+,31-,32-,33+,34+,35-,36+,37-,38-,39+,40+,41+,42+,43-,44-,45-,46-,48-,49-,50+,51-,52+,53-/m0/s1. The maximum Gasteiger partial charge on any atom is 0.220 e. The van der Waals surface area contributed by atoms with Crippen molar-refractivity contribution < 1.29 is 114 Å². The minimum atomic E-state index is -1.89. The van der Waals surface area contributed by atoms with Crippen LogP contribution in [0.5, 0.6) is 0 Å². The molecule has 0 aromatic heterocycles. The molecule has 30 atom stereocenters. The lowest BCUT2D eigenvalue weighted by Crippen LogP contribution is -2.74. The van der Waals surface area contributed by atoms with Gasteiger partial charge in [-0.2, -0.15) is 0 Å². The second kappa shape index (κ2) is 20.8. The molecule has 10 fully saturated rings. The van der Waals surface area contributed by atoms with E-state index in [2.05, 4.69) is 41.5 Å². The molecule has 0 unspecified atom stereocenters. The van der Waals surface area contributed by atoms with E-state index in [-0.39, 0.29) is 51.4 Å². The van der Waals surface area contributed by atoms with Crippen molar-refractivity contribution in [2.24, 2.45) is 50.2 Å². The van der Waals surface area contributed by atoms with E-state index < -0.39 is 160 Å². The van der Waals surface area contributed by atoms with Crippen molar-refractivity contribution in [1.29, 1.82) is 0 Å². The minimum Gasteiger partial charge on any atom is -0.396 e. The van der Waals surface area contributed by atoms with Gasteiger partial charge in [0.15, 0.2) is 25.0 Å². The first-order valence-corrected chi connectivity index (χ1v) is 27.8. The summed E-state index contributed by atoms with van der Waals surface area (Å²) in [7, 11) is 0. The topological polar surface area (TPSA) is 355 Å². The van der Waals surface area contributed by atoms with Crippen LogP contribution in [0.4, 0.5) is 0 Å². The van der Waals surface area contributed by atoms with Crippen LogP contribution in [0.3, 0.4) is 0 Å². The summed E-state index contributed by atoms with van der Waals surface area (Å²) in [5.41, 5.74) is -2.18. The van der Waals surface area contributed by atoms with E-state index in [4.69, 9.17) is 47.7 Å². The van der Waals surface area contributed by atoms with E-state index in [1.54, 1.807) is 0 Å². The molecular weight excluding hydrogens is 1000 g/mol. The maximum absolute atomic E-state index is 12.3. The number of fused-ring (bicyclic) bond motifs is 4. The highest BCUT2D eigenvalue weighted by Gasteiger charge is 2.80. The number of aliphatic hydroxyl groups is 13. The second-order valence-electron chi connectivity index (χ2n) is 26.5. The summed E-state index contributed by atoms with van der Waals surface area (Å²) in [5, 5.41) is 141. The Balaban J connectivity index is 0.893. The first-order chi connectivity index (χ1) is 35.7. The van der Waals surface area contributed by atoms with Gasteiger partial charge in [0.2, 0.25) is 6.29 Å². The van der Waals surface area contributed by atoms with Gasteiger partial charge in [-0.1, -0.05) is 41.5 Å². The van der Waals surface area contributed by atoms with Gasteiger partial charge < -0.3 is 104 Å². The average molecular weight is 1090 g/mol. The Bertz CT molecular complexity index is 2040. The van der Waals surface area contributed by atoms with Crippen LogP contribution in [0, 0.1) is 50.2 Å². The fourth-order valence-corrected chi connectivity index (χ4v) is 17.6.